The van der Waals surface area contributed by atoms with Gasteiger partial charge in [-0.25, -0.2) is 4.68 Å². The van der Waals surface area contributed by atoms with E-state index in [1.165, 1.54) is 6.21 Å². The van der Waals surface area contributed by atoms with Gasteiger partial charge in [-0.15, -0.1) is 0 Å². The van der Waals surface area contributed by atoms with Crippen LogP contribution in [-0.4, -0.2) is 27.8 Å². The van der Waals surface area contributed by atoms with Gasteiger partial charge >= 0.3 is 0 Å². The minimum atomic E-state index is 0.520. The van der Waals surface area contributed by atoms with Gasteiger partial charge in [0.05, 0.1) is 23.5 Å². The summed E-state index contributed by atoms with van der Waals surface area (Å²) in [5, 5.41) is 17.2. The smallest absolute Gasteiger partial charge is 0.137 e. The van der Waals surface area contributed by atoms with Gasteiger partial charge in [0.15, 0.2) is 0 Å². The second-order valence-electron chi connectivity index (χ2n) is 5.45. The highest BCUT2D eigenvalue weighted by Crippen LogP contribution is 2.31. The fourth-order valence-electron chi connectivity index (χ4n) is 2.46. The number of aromatic nitrogens is 2. The van der Waals surface area contributed by atoms with Crippen molar-refractivity contribution in [2.45, 2.75) is 13.3 Å². The standard InChI is InChI=1S/C19H18ClN3O2/c1-2-10-25-18-9-8-14(11-17(18)20)19-15(12-21-24)13-23(22-19)16-6-4-3-5-7-16/h3-9,11-13,24H,2,10H2,1H3. The van der Waals surface area contributed by atoms with Crippen molar-refractivity contribution in [2.24, 2.45) is 5.16 Å². The molecular formula is C19H18ClN3O2. The molecule has 0 spiro atoms. The third-order valence-corrected chi connectivity index (χ3v) is 3.92. The summed E-state index contributed by atoms with van der Waals surface area (Å²) >= 11 is 6.33. The number of hydrogen-bond acceptors (Lipinski definition) is 4. The van der Waals surface area contributed by atoms with Crippen LogP contribution < -0.4 is 4.74 Å². The summed E-state index contributed by atoms with van der Waals surface area (Å²) in [6, 6.07) is 15.2. The Morgan fingerprint density at radius 1 is 1.24 bits per heavy atom. The Morgan fingerprint density at radius 3 is 2.72 bits per heavy atom. The van der Waals surface area contributed by atoms with Gasteiger partial charge < -0.3 is 9.94 Å². The van der Waals surface area contributed by atoms with E-state index in [2.05, 4.69) is 10.3 Å². The van der Waals surface area contributed by atoms with E-state index in [-0.39, 0.29) is 0 Å². The lowest BCUT2D eigenvalue weighted by Crippen LogP contribution is -1.96. The topological polar surface area (TPSA) is 59.6 Å². The molecule has 1 N–H and O–H groups in total. The number of ether oxygens (including phenoxy) is 1. The predicted molar refractivity (Wildman–Crippen MR) is 99.2 cm³/mol. The molecule has 1 aromatic heterocycles. The van der Waals surface area contributed by atoms with Crippen LogP contribution >= 0.6 is 11.6 Å². The van der Waals surface area contributed by atoms with Gasteiger partial charge in [0.2, 0.25) is 0 Å². The molecular weight excluding hydrogens is 338 g/mol. The van der Waals surface area contributed by atoms with Gasteiger partial charge in [0.25, 0.3) is 0 Å². The van der Waals surface area contributed by atoms with E-state index in [1.807, 2.05) is 49.4 Å². The Kier molecular flexibility index (Phi) is 5.36. The zero-order chi connectivity index (χ0) is 17.6. The molecule has 5 nitrogen and oxygen atoms in total. The Hall–Kier alpha value is -2.79. The van der Waals surface area contributed by atoms with Crippen molar-refractivity contribution in [3.05, 3.63) is 65.3 Å². The maximum absolute atomic E-state index is 8.95. The van der Waals surface area contributed by atoms with Crippen molar-refractivity contribution in [1.82, 2.24) is 9.78 Å². The molecule has 25 heavy (non-hydrogen) atoms. The molecule has 3 aromatic rings. The SMILES string of the molecule is CCCOc1ccc(-c2nn(-c3ccccc3)cc2C=NO)cc1Cl. The summed E-state index contributed by atoms with van der Waals surface area (Å²) in [7, 11) is 0. The number of rotatable bonds is 6. The fourth-order valence-corrected chi connectivity index (χ4v) is 2.69. The lowest BCUT2D eigenvalue weighted by Gasteiger charge is -2.08. The van der Waals surface area contributed by atoms with E-state index in [4.69, 9.17) is 21.5 Å². The third-order valence-electron chi connectivity index (χ3n) is 3.63. The van der Waals surface area contributed by atoms with Crippen LogP contribution in [0.5, 0.6) is 5.75 Å². The molecule has 0 aliphatic rings. The van der Waals surface area contributed by atoms with E-state index < -0.39 is 0 Å². The van der Waals surface area contributed by atoms with Gasteiger partial charge in [0.1, 0.15) is 11.4 Å². The second-order valence-corrected chi connectivity index (χ2v) is 5.86. The summed E-state index contributed by atoms with van der Waals surface area (Å²) in [5.41, 5.74) is 3.09. The molecule has 2 aromatic carbocycles. The molecule has 0 aliphatic heterocycles. The molecule has 0 bridgehead atoms. The quantitative estimate of drug-likeness (QED) is 0.393. The Bertz CT molecular complexity index is 876. The van der Waals surface area contributed by atoms with E-state index >= 15 is 0 Å². The summed E-state index contributed by atoms with van der Waals surface area (Å²) in [4.78, 5) is 0. The van der Waals surface area contributed by atoms with Crippen LogP contribution in [0, 0.1) is 0 Å². The number of benzene rings is 2. The molecule has 0 amide bonds. The summed E-state index contributed by atoms with van der Waals surface area (Å²) < 4.78 is 7.34. The molecule has 0 unspecified atom stereocenters. The van der Waals surface area contributed by atoms with Crippen molar-refractivity contribution < 1.29 is 9.94 Å². The average molecular weight is 356 g/mol. The van der Waals surface area contributed by atoms with Crippen LogP contribution in [0.15, 0.2) is 59.9 Å². The first-order chi connectivity index (χ1) is 12.2. The highest BCUT2D eigenvalue weighted by Gasteiger charge is 2.13. The molecule has 0 saturated heterocycles. The maximum atomic E-state index is 8.95. The van der Waals surface area contributed by atoms with Crippen LogP contribution in [0.2, 0.25) is 5.02 Å². The third kappa shape index (κ3) is 3.83. The van der Waals surface area contributed by atoms with Gasteiger partial charge in [-0.1, -0.05) is 41.9 Å². The molecule has 0 fully saturated rings. The molecule has 0 saturated carbocycles. The Labute approximate surface area is 151 Å². The zero-order valence-corrected chi connectivity index (χ0v) is 14.5. The van der Waals surface area contributed by atoms with Crippen LogP contribution in [0.3, 0.4) is 0 Å². The first-order valence-corrected chi connectivity index (χ1v) is 8.36. The van der Waals surface area contributed by atoms with Gasteiger partial charge in [0, 0.05) is 17.3 Å². The number of nitrogens with zero attached hydrogens (tertiary/aromatic N) is 3. The highest BCUT2D eigenvalue weighted by atomic mass is 35.5. The summed E-state index contributed by atoms with van der Waals surface area (Å²) in [6.07, 6.45) is 4.08. The summed E-state index contributed by atoms with van der Waals surface area (Å²) in [6.45, 7) is 2.66. The maximum Gasteiger partial charge on any atom is 0.137 e. The monoisotopic (exact) mass is 355 g/mol. The largest absolute Gasteiger partial charge is 0.492 e. The van der Waals surface area contributed by atoms with Gasteiger partial charge in [-0.3, -0.25) is 0 Å². The Balaban J connectivity index is 2.01. The van der Waals surface area contributed by atoms with Crippen LogP contribution in [0.1, 0.15) is 18.9 Å². The van der Waals surface area contributed by atoms with Crippen molar-refractivity contribution >= 4 is 17.8 Å². The molecule has 0 atom stereocenters. The lowest BCUT2D eigenvalue weighted by atomic mass is 10.1. The number of halogens is 1. The number of oxime groups is 1. The van der Waals surface area contributed by atoms with Crippen molar-refractivity contribution in [3.8, 4) is 22.7 Å². The highest BCUT2D eigenvalue weighted by molar-refractivity contribution is 6.32. The van der Waals surface area contributed by atoms with E-state index in [1.54, 1.807) is 16.9 Å². The molecule has 0 radical (unpaired) electrons. The molecule has 128 valence electrons. The first kappa shape index (κ1) is 17.0. The summed E-state index contributed by atoms with van der Waals surface area (Å²) in [5.74, 6) is 0.645. The number of para-hydroxylation sites is 1. The molecule has 0 aliphatic carbocycles. The molecule has 3 rings (SSSR count). The van der Waals surface area contributed by atoms with Crippen LogP contribution in [-0.2, 0) is 0 Å². The second kappa shape index (κ2) is 7.85. The minimum Gasteiger partial charge on any atom is -0.492 e. The van der Waals surface area contributed by atoms with Gasteiger partial charge in [-0.2, -0.15) is 5.10 Å². The average Bonchev–Trinajstić information content (AvgIpc) is 3.06. The lowest BCUT2D eigenvalue weighted by molar-refractivity contribution is 0.317. The van der Waals surface area contributed by atoms with Crippen molar-refractivity contribution in [3.63, 3.8) is 0 Å². The van der Waals surface area contributed by atoms with Crippen molar-refractivity contribution in [1.29, 1.82) is 0 Å². The van der Waals surface area contributed by atoms with Crippen molar-refractivity contribution in [2.75, 3.05) is 6.61 Å². The zero-order valence-electron chi connectivity index (χ0n) is 13.8. The van der Waals surface area contributed by atoms with Crippen LogP contribution in [0.4, 0.5) is 0 Å². The fraction of sp³-hybridized carbons (Fsp3) is 0.158. The predicted octanol–water partition coefficient (Wildman–Crippen LogP) is 4.79. The minimum absolute atomic E-state index is 0.520. The van der Waals surface area contributed by atoms with E-state index in [0.29, 0.717) is 28.6 Å². The molecule has 6 heteroatoms. The van der Waals surface area contributed by atoms with E-state index in [9.17, 15) is 0 Å². The number of hydrogen-bond donors (Lipinski definition) is 1. The van der Waals surface area contributed by atoms with Gasteiger partial charge in [-0.05, 0) is 36.8 Å². The Morgan fingerprint density at radius 2 is 2.04 bits per heavy atom. The first-order valence-electron chi connectivity index (χ1n) is 7.98. The van der Waals surface area contributed by atoms with E-state index in [0.717, 1.165) is 17.7 Å². The van der Waals surface area contributed by atoms with Crippen LogP contribution in [0.25, 0.3) is 16.9 Å². The normalized spacial score (nSPS) is 11.1. The molecule has 1 heterocycles.